The van der Waals surface area contributed by atoms with Gasteiger partial charge in [-0.15, -0.1) is 0 Å². The number of rotatable bonds is 30. The molecule has 19 N–H and O–H groups in total. The average molecular weight is 1050 g/mol. The molecule has 0 radical (unpaired) electrons. The normalized spacial score (nSPS) is 13.2. The molecule has 0 saturated heterocycles. The molecule has 2 aromatic heterocycles. The fourth-order valence-electron chi connectivity index (χ4n) is 6.25. The number of aromatic nitrogens is 4. The van der Waals surface area contributed by atoms with Gasteiger partial charge in [0.1, 0.15) is 36.3 Å². The summed E-state index contributed by atoms with van der Waals surface area (Å²) in [5.41, 5.74) is 11.0. The van der Waals surface area contributed by atoms with Crippen LogP contribution in [0, 0.1) is 5.41 Å². The fraction of sp³-hybridized carbons (Fsp3) is 0.400. The largest absolute Gasteiger partial charge is 0.481 e. The van der Waals surface area contributed by atoms with Gasteiger partial charge in [-0.25, -0.2) is 19.6 Å². The standard InChI is InChI=1S/C40H51N15O17S/c41-39(42)44-9-1-2-19(32(64)51-22(11-27(59)60)34(66)52-23(12-28(61)62)35(67)53-24(15-73)38(71)72)49-33(65)21(10-26(57)58)48-25(56)8-7-20(37(69)70)50-31(63)16-3-5-17(6-4-16)45-13-18-14-46-30-29(47-18)36(68)55-40(43)54-30/h3-6,14,19-24,45,73H,1-2,7-13,15H2,(H,48,56)(H,49,65)(H,50,63)(H,51,64)(H,52,66)(H,53,67)(H,57,58)(H,59,60)(H,61,62)(H,69,70)(H,71,72)(H4,41,42,44)(H3,43,46,54,55,68)/t19-,20-,21-,22+,23+,24+/m1/s1. The van der Waals surface area contributed by atoms with Gasteiger partial charge in [0.05, 0.1) is 37.7 Å². The number of nitrogens with two attached hydrogens (primary N) is 2. The van der Waals surface area contributed by atoms with E-state index in [1.807, 2.05) is 16.0 Å². The fourth-order valence-corrected chi connectivity index (χ4v) is 6.50. The zero-order valence-electron chi connectivity index (χ0n) is 38.0. The molecule has 0 unspecified atom stereocenters. The molecule has 0 aliphatic carbocycles. The lowest BCUT2D eigenvalue weighted by atomic mass is 10.1. The number of benzene rings is 1. The van der Waals surface area contributed by atoms with E-state index in [0.717, 1.165) is 0 Å². The number of hydrogen-bond acceptors (Lipinski definition) is 19. The number of nitrogens with one attached hydrogen (secondary N) is 10. The molecule has 33 heteroatoms. The second kappa shape index (κ2) is 27.9. The second-order valence-corrected chi connectivity index (χ2v) is 15.8. The maximum Gasteiger partial charge on any atom is 0.327 e. The summed E-state index contributed by atoms with van der Waals surface area (Å²) in [6.07, 6.45) is -3.88. The van der Waals surface area contributed by atoms with E-state index >= 15 is 0 Å². The van der Waals surface area contributed by atoms with E-state index in [0.29, 0.717) is 11.4 Å². The van der Waals surface area contributed by atoms with Crippen LogP contribution in [0.1, 0.15) is 61.0 Å². The Morgan fingerprint density at radius 1 is 0.671 bits per heavy atom. The van der Waals surface area contributed by atoms with Crippen LogP contribution in [-0.2, 0) is 54.5 Å². The third-order valence-electron chi connectivity index (χ3n) is 9.84. The Morgan fingerprint density at radius 2 is 1.18 bits per heavy atom. The summed E-state index contributed by atoms with van der Waals surface area (Å²) in [5, 5.41) is 72.8. The first kappa shape index (κ1) is 58.1. The van der Waals surface area contributed by atoms with Gasteiger partial charge in [0.2, 0.25) is 35.5 Å². The highest BCUT2D eigenvalue weighted by molar-refractivity contribution is 7.80. The maximum absolute atomic E-state index is 13.7. The van der Waals surface area contributed by atoms with Crippen molar-refractivity contribution in [3.63, 3.8) is 0 Å². The smallest absolute Gasteiger partial charge is 0.327 e. The van der Waals surface area contributed by atoms with Crippen LogP contribution in [0.5, 0.6) is 0 Å². The molecule has 6 atom stereocenters. The van der Waals surface area contributed by atoms with Gasteiger partial charge < -0.3 is 79.5 Å². The molecular weight excluding hydrogens is 995 g/mol. The number of hydrogen-bond donors (Lipinski definition) is 18. The van der Waals surface area contributed by atoms with Gasteiger partial charge >= 0.3 is 29.8 Å². The summed E-state index contributed by atoms with van der Waals surface area (Å²) >= 11 is 3.78. The van der Waals surface area contributed by atoms with E-state index in [2.05, 4.69) is 59.1 Å². The van der Waals surface area contributed by atoms with E-state index < -0.39 is 157 Å². The van der Waals surface area contributed by atoms with Crippen LogP contribution in [-0.4, -0.2) is 165 Å². The van der Waals surface area contributed by atoms with Crippen LogP contribution >= 0.6 is 12.6 Å². The molecule has 3 rings (SSSR count). The second-order valence-electron chi connectivity index (χ2n) is 15.5. The summed E-state index contributed by atoms with van der Waals surface area (Å²) in [6.45, 7) is -0.0194. The Bertz CT molecular complexity index is 2650. The predicted molar refractivity (Wildman–Crippen MR) is 251 cm³/mol. The molecule has 0 aliphatic rings. The van der Waals surface area contributed by atoms with Crippen LogP contribution in [0.15, 0.2) is 35.3 Å². The van der Waals surface area contributed by atoms with Crippen molar-refractivity contribution in [2.75, 3.05) is 23.3 Å². The molecule has 394 valence electrons. The first-order valence-corrected chi connectivity index (χ1v) is 22.0. The number of carbonyl (C=O) groups is 11. The minimum Gasteiger partial charge on any atom is -0.481 e. The summed E-state index contributed by atoms with van der Waals surface area (Å²) in [4.78, 5) is 165. The van der Waals surface area contributed by atoms with Crippen LogP contribution in [0.3, 0.4) is 0 Å². The number of nitrogens with zero attached hydrogens (tertiary/aromatic N) is 3. The number of thiol groups is 1. The molecule has 0 fully saturated rings. The molecule has 0 saturated carbocycles. The Labute approximate surface area is 415 Å². The van der Waals surface area contributed by atoms with Gasteiger partial charge in [0.15, 0.2) is 17.1 Å². The minimum absolute atomic E-state index is 0.00363. The third-order valence-corrected chi connectivity index (χ3v) is 10.2. The first-order chi connectivity index (χ1) is 34.4. The molecule has 0 aliphatic heterocycles. The highest BCUT2D eigenvalue weighted by atomic mass is 32.1. The zero-order chi connectivity index (χ0) is 54.5. The van der Waals surface area contributed by atoms with E-state index in [9.17, 15) is 83.1 Å². The summed E-state index contributed by atoms with van der Waals surface area (Å²) in [7, 11) is 0. The number of carboxylic acids is 5. The van der Waals surface area contributed by atoms with Crippen LogP contribution in [0.2, 0.25) is 0 Å². The van der Waals surface area contributed by atoms with Gasteiger partial charge in [-0.2, -0.15) is 17.6 Å². The molecule has 3 aromatic rings. The quantitative estimate of drug-likeness (QED) is 0.0129. The van der Waals surface area contributed by atoms with Gasteiger partial charge in [-0.3, -0.25) is 58.3 Å². The van der Waals surface area contributed by atoms with Crippen LogP contribution in [0.4, 0.5) is 11.6 Å². The van der Waals surface area contributed by atoms with Crippen molar-refractivity contribution < 1.29 is 78.3 Å². The molecule has 73 heavy (non-hydrogen) atoms. The molecular formula is C40H51N15O17S. The number of carbonyl (C=O) groups excluding carboxylic acids is 6. The molecule has 0 bridgehead atoms. The molecule has 1 aromatic carbocycles. The number of guanidine groups is 1. The number of aromatic amines is 1. The van der Waals surface area contributed by atoms with Crippen molar-refractivity contribution in [3.05, 3.63) is 52.1 Å². The van der Waals surface area contributed by atoms with E-state index in [1.165, 1.54) is 30.5 Å². The van der Waals surface area contributed by atoms with Crippen molar-refractivity contribution in [3.8, 4) is 0 Å². The third kappa shape index (κ3) is 19.6. The molecule has 0 spiro atoms. The lowest BCUT2D eigenvalue weighted by Crippen LogP contribution is -2.59. The average Bonchev–Trinajstić information content (AvgIpc) is 3.30. The van der Waals surface area contributed by atoms with E-state index in [1.54, 1.807) is 0 Å². The van der Waals surface area contributed by atoms with Gasteiger partial charge in [-0.05, 0) is 43.5 Å². The lowest BCUT2D eigenvalue weighted by Gasteiger charge is -2.26. The lowest BCUT2D eigenvalue weighted by molar-refractivity contribution is -0.144. The van der Waals surface area contributed by atoms with Gasteiger partial charge in [-0.1, -0.05) is 0 Å². The van der Waals surface area contributed by atoms with Gasteiger partial charge in [0.25, 0.3) is 11.5 Å². The van der Waals surface area contributed by atoms with Gasteiger partial charge in [0, 0.05) is 30.0 Å². The number of anilines is 2. The highest BCUT2D eigenvalue weighted by Gasteiger charge is 2.35. The highest BCUT2D eigenvalue weighted by Crippen LogP contribution is 2.13. The molecule has 2 heterocycles. The summed E-state index contributed by atoms with van der Waals surface area (Å²) < 4.78 is 0. The monoisotopic (exact) mass is 1050 g/mol. The number of amides is 6. The Hall–Kier alpha value is -9.17. The maximum atomic E-state index is 13.7. The Kier molecular flexibility index (Phi) is 22.2. The Morgan fingerprint density at radius 3 is 1.68 bits per heavy atom. The number of H-pyrrole nitrogens is 1. The summed E-state index contributed by atoms with van der Waals surface area (Å²) in [5.74, 6) is -16.6. The molecule has 32 nitrogen and oxygen atoms in total. The van der Waals surface area contributed by atoms with Crippen molar-refractivity contribution in [1.82, 2.24) is 57.2 Å². The number of fused-ring (bicyclic) bond motifs is 1. The van der Waals surface area contributed by atoms with E-state index in [-0.39, 0.29) is 42.2 Å². The Balaban J connectivity index is 1.70. The number of nitrogen functional groups attached to an aromatic ring is 1. The number of carboxylic acid groups (broad SMARTS) is 5. The summed E-state index contributed by atoms with van der Waals surface area (Å²) in [6, 6.07) is -5.54. The predicted octanol–water partition coefficient (Wildman–Crippen LogP) is -5.00. The first-order valence-electron chi connectivity index (χ1n) is 21.3. The zero-order valence-corrected chi connectivity index (χ0v) is 38.9. The van der Waals surface area contributed by atoms with Crippen molar-refractivity contribution in [2.45, 2.75) is 87.7 Å². The number of aliphatic carboxylic acids is 5. The van der Waals surface area contributed by atoms with Crippen LogP contribution < -0.4 is 59.6 Å². The van der Waals surface area contributed by atoms with E-state index in [4.69, 9.17) is 16.9 Å². The molecule has 6 amide bonds. The SMILES string of the molecule is N=C(N)NCCC[C@@H](NC(=O)[C@@H](CC(=O)O)NC(=O)CC[C@@H](NC(=O)c1ccc(NCc2cnc3nc(N)[nH]c(=O)c3n2)cc1)C(=O)O)C(=O)N[C@@H](CC(=O)O)C(=O)N[C@@H](CC(=O)O)C(=O)N[C@@H](CS)C(=O)O. The van der Waals surface area contributed by atoms with Crippen molar-refractivity contribution in [2.24, 2.45) is 5.73 Å². The van der Waals surface area contributed by atoms with Crippen molar-refractivity contribution >= 4 is 107 Å². The minimum atomic E-state index is -2.10. The van der Waals surface area contributed by atoms with Crippen molar-refractivity contribution in [1.29, 1.82) is 5.41 Å². The topological polar surface area (TPSA) is 533 Å². The van der Waals surface area contributed by atoms with Crippen LogP contribution in [0.25, 0.3) is 11.2 Å².